The van der Waals surface area contributed by atoms with E-state index in [1.165, 1.54) is 56.9 Å². The zero-order valence-corrected chi connectivity index (χ0v) is 22.5. The van der Waals surface area contributed by atoms with Crippen LogP contribution in [-0.2, 0) is 19.2 Å². The summed E-state index contributed by atoms with van der Waals surface area (Å²) in [5.41, 5.74) is 0.598. The Bertz CT molecular complexity index is 1290. The maximum Gasteiger partial charge on any atom is 0.311 e. The molecule has 0 aliphatic rings. The molecule has 9 heteroatoms. The topological polar surface area (TPSA) is 128 Å². The highest BCUT2D eigenvalue weighted by molar-refractivity contribution is 6.10. The third-order valence-electron chi connectivity index (χ3n) is 5.41. The highest BCUT2D eigenvalue weighted by atomic mass is 16.6. The number of phenols is 1. The summed E-state index contributed by atoms with van der Waals surface area (Å²) in [6, 6.07) is 9.40. The second-order valence-electron chi connectivity index (χ2n) is 9.38. The molecule has 2 aromatic carbocycles. The van der Waals surface area contributed by atoms with Gasteiger partial charge in [-0.3, -0.25) is 19.2 Å². The number of ether oxygens (including phenoxy) is 3. The zero-order chi connectivity index (χ0) is 29.0. The van der Waals surface area contributed by atoms with Crippen molar-refractivity contribution in [2.45, 2.75) is 33.1 Å². The van der Waals surface area contributed by atoms with Gasteiger partial charge in [-0.1, -0.05) is 44.7 Å². The summed E-state index contributed by atoms with van der Waals surface area (Å²) >= 11 is 0. The van der Waals surface area contributed by atoms with Crippen LogP contribution in [0.1, 0.15) is 44.2 Å². The van der Waals surface area contributed by atoms with Gasteiger partial charge in [0, 0.05) is 6.42 Å². The number of hydrogen-bond donors (Lipinski definition) is 2. The van der Waals surface area contributed by atoms with Crippen molar-refractivity contribution in [1.29, 1.82) is 0 Å². The van der Waals surface area contributed by atoms with Crippen molar-refractivity contribution < 1.29 is 38.5 Å². The summed E-state index contributed by atoms with van der Waals surface area (Å²) in [6.45, 7) is 7.01. The minimum Gasteiger partial charge on any atom is -0.504 e. The monoisotopic (exact) mass is 535 g/mol. The summed E-state index contributed by atoms with van der Waals surface area (Å²) in [5.74, 6) is -0.823. The number of amides is 1. The van der Waals surface area contributed by atoms with E-state index in [9.17, 15) is 24.3 Å². The molecule has 39 heavy (non-hydrogen) atoms. The van der Waals surface area contributed by atoms with Crippen molar-refractivity contribution in [3.8, 4) is 23.0 Å². The molecular formula is C30H33NO8. The zero-order valence-electron chi connectivity index (χ0n) is 22.5. The average Bonchev–Trinajstić information content (AvgIpc) is 2.86. The molecule has 1 amide bonds. The molecule has 0 saturated heterocycles. The number of nitrogens with one attached hydrogen (secondary N) is 1. The maximum absolute atomic E-state index is 12.5. The van der Waals surface area contributed by atoms with E-state index in [1.54, 1.807) is 38.1 Å². The molecule has 2 rings (SSSR count). The molecule has 0 bridgehead atoms. The molecule has 2 aromatic rings. The van der Waals surface area contributed by atoms with E-state index < -0.39 is 17.2 Å². The smallest absolute Gasteiger partial charge is 0.311 e. The third-order valence-corrected chi connectivity index (χ3v) is 5.41. The molecular weight excluding hydrogens is 502 g/mol. The average molecular weight is 536 g/mol. The Balaban J connectivity index is 1.97. The first-order valence-corrected chi connectivity index (χ1v) is 12.0. The fourth-order valence-electron chi connectivity index (χ4n) is 3.55. The molecule has 9 nitrogen and oxygen atoms in total. The van der Waals surface area contributed by atoms with E-state index in [2.05, 4.69) is 11.9 Å². The Kier molecular flexibility index (Phi) is 11.2. The Labute approximate surface area is 227 Å². The number of phenolic OH excluding ortho intramolecular Hbond substituents is 1. The highest BCUT2D eigenvalue weighted by Gasteiger charge is 2.26. The molecule has 0 saturated carbocycles. The predicted molar refractivity (Wildman–Crippen MR) is 147 cm³/mol. The molecule has 0 fully saturated rings. The second-order valence-corrected chi connectivity index (χ2v) is 9.38. The van der Waals surface area contributed by atoms with Gasteiger partial charge in [0.15, 0.2) is 34.6 Å². The third kappa shape index (κ3) is 10.3. The SMILES string of the molecule is C=CNC(=O)CC(C)(C)CC(=O)Oc1ccc(/C=C/C(=O)CC(=O)/C=C/c2ccc(O)c(OC)c2)cc1OC. The maximum atomic E-state index is 12.5. The number of aromatic hydroxyl groups is 1. The van der Waals surface area contributed by atoms with Crippen LogP contribution < -0.4 is 19.5 Å². The van der Waals surface area contributed by atoms with Crippen LogP contribution >= 0.6 is 0 Å². The van der Waals surface area contributed by atoms with Crippen LogP contribution in [-0.4, -0.2) is 42.8 Å². The number of ketones is 2. The molecule has 206 valence electrons. The van der Waals surface area contributed by atoms with E-state index in [0.29, 0.717) is 11.1 Å². The van der Waals surface area contributed by atoms with Crippen molar-refractivity contribution in [1.82, 2.24) is 5.32 Å². The lowest BCUT2D eigenvalue weighted by Gasteiger charge is -2.22. The first-order chi connectivity index (χ1) is 18.5. The van der Waals surface area contributed by atoms with Crippen molar-refractivity contribution in [2.24, 2.45) is 5.41 Å². The summed E-state index contributed by atoms with van der Waals surface area (Å²) < 4.78 is 15.8. The van der Waals surface area contributed by atoms with Gasteiger partial charge in [0.25, 0.3) is 0 Å². The van der Waals surface area contributed by atoms with Crippen LogP contribution in [0.25, 0.3) is 12.2 Å². The molecule has 0 spiro atoms. The Morgan fingerprint density at radius 1 is 0.872 bits per heavy atom. The van der Waals surface area contributed by atoms with Crippen LogP contribution in [0.2, 0.25) is 0 Å². The van der Waals surface area contributed by atoms with Crippen molar-refractivity contribution in [3.05, 3.63) is 72.5 Å². The minimum absolute atomic E-state index is 0.000360. The van der Waals surface area contributed by atoms with Crippen molar-refractivity contribution in [3.63, 3.8) is 0 Å². The summed E-state index contributed by atoms with van der Waals surface area (Å²) in [5, 5.41) is 12.1. The first kappa shape index (κ1) is 30.6. The highest BCUT2D eigenvalue weighted by Crippen LogP contribution is 2.31. The molecule has 0 aromatic heterocycles. The van der Waals surface area contributed by atoms with E-state index in [-0.39, 0.29) is 54.0 Å². The van der Waals surface area contributed by atoms with Gasteiger partial charge in [0.05, 0.1) is 27.1 Å². The standard InChI is InChI=1S/C30H33NO8/c1-6-31-28(35)18-30(2,3)19-29(36)39-25-14-10-21(16-27(25)38-5)8-12-23(33)17-22(32)11-7-20-9-13-24(34)26(15-20)37-4/h6-16,34H,1,17-19H2,2-5H3,(H,31,35)/b11-7+,12-8+. The van der Waals surface area contributed by atoms with Gasteiger partial charge in [-0.15, -0.1) is 0 Å². The molecule has 2 N–H and O–H groups in total. The van der Waals surface area contributed by atoms with Gasteiger partial charge in [-0.25, -0.2) is 0 Å². The Hall–Kier alpha value is -4.66. The number of benzene rings is 2. The number of esters is 1. The largest absolute Gasteiger partial charge is 0.504 e. The van der Waals surface area contributed by atoms with Crippen LogP contribution in [0, 0.1) is 5.41 Å². The van der Waals surface area contributed by atoms with E-state index in [0.717, 1.165) is 0 Å². The molecule has 0 atom stereocenters. The van der Waals surface area contributed by atoms with Gasteiger partial charge >= 0.3 is 5.97 Å². The van der Waals surface area contributed by atoms with Gasteiger partial charge in [0.1, 0.15) is 0 Å². The van der Waals surface area contributed by atoms with E-state index in [1.807, 2.05) is 0 Å². The fourth-order valence-corrected chi connectivity index (χ4v) is 3.55. The van der Waals surface area contributed by atoms with E-state index >= 15 is 0 Å². The number of carbonyl (C=O) groups excluding carboxylic acids is 4. The van der Waals surface area contributed by atoms with Crippen LogP contribution in [0.15, 0.2) is 61.3 Å². The second kappa shape index (κ2) is 14.3. The molecule has 0 aliphatic heterocycles. The normalized spacial score (nSPS) is 11.3. The number of methoxy groups -OCH3 is 2. The Morgan fingerprint density at radius 2 is 1.44 bits per heavy atom. The van der Waals surface area contributed by atoms with Crippen LogP contribution in [0.4, 0.5) is 0 Å². The summed E-state index contributed by atoms with van der Waals surface area (Å²) in [7, 11) is 2.84. The molecule has 0 aliphatic carbocycles. The number of carbonyl (C=O) groups is 4. The summed E-state index contributed by atoms with van der Waals surface area (Å²) in [6.07, 6.45) is 6.71. The first-order valence-electron chi connectivity index (χ1n) is 12.0. The molecule has 0 heterocycles. The van der Waals surface area contributed by atoms with Crippen molar-refractivity contribution in [2.75, 3.05) is 14.2 Å². The Morgan fingerprint density at radius 3 is 2.00 bits per heavy atom. The number of hydrogen-bond acceptors (Lipinski definition) is 8. The fraction of sp³-hybridized carbons (Fsp3) is 0.267. The number of rotatable bonds is 14. The van der Waals surface area contributed by atoms with E-state index in [4.69, 9.17) is 14.2 Å². The minimum atomic E-state index is -0.635. The predicted octanol–water partition coefficient (Wildman–Crippen LogP) is 4.64. The van der Waals surface area contributed by atoms with Gasteiger partial charge in [-0.2, -0.15) is 0 Å². The van der Waals surface area contributed by atoms with Crippen LogP contribution in [0.5, 0.6) is 23.0 Å². The van der Waals surface area contributed by atoms with Gasteiger partial charge in [0.2, 0.25) is 5.91 Å². The molecule has 0 unspecified atom stereocenters. The quantitative estimate of drug-likeness (QED) is 0.155. The van der Waals surface area contributed by atoms with Gasteiger partial charge in [-0.05, 0) is 59.2 Å². The lowest BCUT2D eigenvalue weighted by atomic mass is 9.85. The lowest BCUT2D eigenvalue weighted by molar-refractivity contribution is -0.137. The van der Waals surface area contributed by atoms with Crippen LogP contribution in [0.3, 0.4) is 0 Å². The summed E-state index contributed by atoms with van der Waals surface area (Å²) in [4.78, 5) is 48.7. The van der Waals surface area contributed by atoms with Gasteiger partial charge < -0.3 is 24.6 Å². The number of allylic oxidation sites excluding steroid dienone is 2. The molecule has 0 radical (unpaired) electrons. The lowest BCUT2D eigenvalue weighted by Crippen LogP contribution is -2.28. The van der Waals surface area contributed by atoms with Crippen molar-refractivity contribution >= 4 is 35.6 Å².